The summed E-state index contributed by atoms with van der Waals surface area (Å²) in [5.41, 5.74) is 0.530. The van der Waals surface area contributed by atoms with Crippen molar-refractivity contribution in [1.82, 2.24) is 19.8 Å². The van der Waals surface area contributed by atoms with Gasteiger partial charge in [-0.3, -0.25) is 4.99 Å². The summed E-state index contributed by atoms with van der Waals surface area (Å²) in [5, 5.41) is 3.83. The van der Waals surface area contributed by atoms with Gasteiger partial charge in [0.2, 0.25) is 0 Å². The molecule has 146 valence electrons. The lowest BCUT2D eigenvalue weighted by atomic mass is 9.93. The number of rotatable bonds is 5. The fourth-order valence-electron chi connectivity index (χ4n) is 3.57. The number of nitrogens with zero attached hydrogens (tertiary/aromatic N) is 4. The number of piperidine rings is 1. The number of hydrogen-bond acceptors (Lipinski definition) is 2. The molecule has 1 aromatic carbocycles. The summed E-state index contributed by atoms with van der Waals surface area (Å²) < 4.78 is 16.1. The highest BCUT2D eigenvalue weighted by atomic mass is 35.5. The number of imidazole rings is 1. The number of benzene rings is 1. The Morgan fingerprint density at radius 1 is 1.44 bits per heavy atom. The van der Waals surface area contributed by atoms with E-state index in [1.807, 2.05) is 18.7 Å². The van der Waals surface area contributed by atoms with Crippen LogP contribution in [0.3, 0.4) is 0 Å². The Kier molecular flexibility index (Phi) is 6.72. The molecule has 2 heterocycles. The van der Waals surface area contributed by atoms with Gasteiger partial charge < -0.3 is 14.8 Å². The lowest BCUT2D eigenvalue weighted by Crippen LogP contribution is -2.49. The van der Waals surface area contributed by atoms with Gasteiger partial charge in [-0.2, -0.15) is 0 Å². The molecule has 5 nitrogen and oxygen atoms in total. The van der Waals surface area contributed by atoms with Crippen LogP contribution in [-0.2, 0) is 6.42 Å². The molecule has 0 amide bonds. The average Bonchev–Trinajstić information content (AvgIpc) is 3.18. The lowest BCUT2D eigenvalue weighted by Gasteiger charge is -2.39. The summed E-state index contributed by atoms with van der Waals surface area (Å²) in [6.45, 7) is 7.46. The number of hydrogen-bond donors (Lipinski definition) is 1. The number of likely N-dealkylation sites (tertiary alicyclic amines) is 1. The molecule has 27 heavy (non-hydrogen) atoms. The summed E-state index contributed by atoms with van der Waals surface area (Å²) in [4.78, 5) is 11.2. The lowest BCUT2D eigenvalue weighted by molar-refractivity contribution is 0.189. The largest absolute Gasteiger partial charge is 0.357 e. The van der Waals surface area contributed by atoms with E-state index in [1.165, 1.54) is 6.07 Å². The second-order valence-electron chi connectivity index (χ2n) is 6.98. The Balaban J connectivity index is 1.69. The van der Waals surface area contributed by atoms with Crippen molar-refractivity contribution in [3.05, 3.63) is 53.3 Å². The third-order valence-corrected chi connectivity index (χ3v) is 5.50. The first-order valence-corrected chi connectivity index (χ1v) is 9.91. The van der Waals surface area contributed by atoms with Crippen LogP contribution in [0.15, 0.2) is 41.9 Å². The van der Waals surface area contributed by atoms with E-state index >= 15 is 0 Å². The van der Waals surface area contributed by atoms with Gasteiger partial charge in [0.25, 0.3) is 0 Å². The van der Waals surface area contributed by atoms with Crippen LogP contribution in [0.2, 0.25) is 5.02 Å². The van der Waals surface area contributed by atoms with Gasteiger partial charge in [0, 0.05) is 49.2 Å². The maximum atomic E-state index is 14.0. The van der Waals surface area contributed by atoms with E-state index in [9.17, 15) is 4.39 Å². The number of guanidine groups is 1. The molecule has 0 aliphatic carbocycles. The molecule has 2 atom stereocenters. The zero-order valence-electron chi connectivity index (χ0n) is 15.9. The van der Waals surface area contributed by atoms with E-state index < -0.39 is 0 Å². The second kappa shape index (κ2) is 9.22. The number of aliphatic imine (C=N–C) groups is 1. The van der Waals surface area contributed by atoms with Gasteiger partial charge in [-0.05, 0) is 37.8 Å². The van der Waals surface area contributed by atoms with E-state index in [1.54, 1.807) is 12.1 Å². The van der Waals surface area contributed by atoms with Gasteiger partial charge >= 0.3 is 0 Å². The summed E-state index contributed by atoms with van der Waals surface area (Å²) >= 11 is 6.12. The molecule has 1 aliphatic rings. The maximum absolute atomic E-state index is 14.0. The molecule has 1 aliphatic heterocycles. The van der Waals surface area contributed by atoms with Crippen molar-refractivity contribution >= 4 is 17.6 Å². The van der Waals surface area contributed by atoms with Crippen LogP contribution >= 0.6 is 11.6 Å². The molecule has 1 aromatic heterocycles. The predicted octanol–water partition coefficient (Wildman–Crippen LogP) is 3.77. The molecular formula is C20H27ClFN5. The Morgan fingerprint density at radius 2 is 2.30 bits per heavy atom. The summed E-state index contributed by atoms with van der Waals surface area (Å²) in [5.74, 6) is 1.19. The topological polar surface area (TPSA) is 45.5 Å². The third kappa shape index (κ3) is 4.80. The number of aromatic nitrogens is 2. The van der Waals surface area contributed by atoms with Gasteiger partial charge in [0.15, 0.2) is 5.96 Å². The highest BCUT2D eigenvalue weighted by Crippen LogP contribution is 2.27. The van der Waals surface area contributed by atoms with Gasteiger partial charge in [0.05, 0.1) is 12.4 Å². The molecule has 0 bridgehead atoms. The fraction of sp³-hybridized carbons (Fsp3) is 0.500. The summed E-state index contributed by atoms with van der Waals surface area (Å²) in [6.07, 6.45) is 7.30. The van der Waals surface area contributed by atoms with Gasteiger partial charge in [0.1, 0.15) is 5.82 Å². The minimum Gasteiger partial charge on any atom is -0.357 e. The van der Waals surface area contributed by atoms with E-state index in [4.69, 9.17) is 16.6 Å². The van der Waals surface area contributed by atoms with Crippen molar-refractivity contribution < 1.29 is 4.39 Å². The van der Waals surface area contributed by atoms with Gasteiger partial charge in [-0.25, -0.2) is 9.37 Å². The van der Waals surface area contributed by atoms with E-state index in [2.05, 4.69) is 33.6 Å². The zero-order chi connectivity index (χ0) is 19.2. The smallest absolute Gasteiger partial charge is 0.193 e. The van der Waals surface area contributed by atoms with E-state index in [-0.39, 0.29) is 5.82 Å². The van der Waals surface area contributed by atoms with Crippen LogP contribution in [0.5, 0.6) is 0 Å². The molecule has 7 heteroatoms. The first-order chi connectivity index (χ1) is 13.1. The molecule has 0 saturated carbocycles. The van der Waals surface area contributed by atoms with Crippen molar-refractivity contribution in [3.63, 3.8) is 0 Å². The third-order valence-electron chi connectivity index (χ3n) is 5.15. The summed E-state index contributed by atoms with van der Waals surface area (Å²) in [6, 6.07) is 5.15. The van der Waals surface area contributed by atoms with Crippen molar-refractivity contribution in [1.29, 1.82) is 0 Å². The second-order valence-corrected chi connectivity index (χ2v) is 7.38. The van der Waals surface area contributed by atoms with Crippen LogP contribution in [-0.4, -0.2) is 46.6 Å². The van der Waals surface area contributed by atoms with Crippen molar-refractivity contribution in [3.8, 4) is 0 Å². The molecule has 0 spiro atoms. The SMILES string of the molecule is CCNC(=NCCc1c(F)cccc1Cl)N1CCC(C)C(n2ccnc2)C1. The van der Waals surface area contributed by atoms with Crippen molar-refractivity contribution in [2.45, 2.75) is 32.7 Å². The van der Waals surface area contributed by atoms with Crippen LogP contribution in [0.25, 0.3) is 0 Å². The molecule has 1 saturated heterocycles. The standard InChI is InChI=1S/C20H27ClFN5/c1-3-24-20(25-9-7-16-17(21)5-4-6-18(16)22)26-11-8-15(2)19(13-26)27-12-10-23-14-27/h4-6,10,12,14-15,19H,3,7-9,11,13H2,1-2H3,(H,24,25). The monoisotopic (exact) mass is 391 g/mol. The highest BCUT2D eigenvalue weighted by Gasteiger charge is 2.28. The first kappa shape index (κ1) is 19.7. The fourth-order valence-corrected chi connectivity index (χ4v) is 3.82. The van der Waals surface area contributed by atoms with E-state index in [0.29, 0.717) is 35.5 Å². The average molecular weight is 392 g/mol. The van der Waals surface area contributed by atoms with Gasteiger partial charge in [-0.1, -0.05) is 24.6 Å². The molecular weight excluding hydrogens is 365 g/mol. The Morgan fingerprint density at radius 3 is 3.00 bits per heavy atom. The minimum atomic E-state index is -0.269. The van der Waals surface area contributed by atoms with Crippen LogP contribution in [0.1, 0.15) is 31.9 Å². The van der Waals surface area contributed by atoms with Crippen molar-refractivity contribution in [2.24, 2.45) is 10.9 Å². The van der Waals surface area contributed by atoms with E-state index in [0.717, 1.165) is 32.0 Å². The van der Waals surface area contributed by atoms with Gasteiger partial charge in [-0.15, -0.1) is 0 Å². The molecule has 1 fully saturated rings. The van der Waals surface area contributed by atoms with Crippen LogP contribution < -0.4 is 5.32 Å². The minimum absolute atomic E-state index is 0.269. The molecule has 2 unspecified atom stereocenters. The summed E-state index contributed by atoms with van der Waals surface area (Å²) in [7, 11) is 0. The Bertz CT molecular complexity index is 741. The quantitative estimate of drug-likeness (QED) is 0.623. The highest BCUT2D eigenvalue weighted by molar-refractivity contribution is 6.31. The first-order valence-electron chi connectivity index (χ1n) is 9.53. The molecule has 0 radical (unpaired) electrons. The Labute approximate surface area is 165 Å². The predicted molar refractivity (Wildman–Crippen MR) is 108 cm³/mol. The number of nitrogens with one attached hydrogen (secondary N) is 1. The molecule has 1 N–H and O–H groups in total. The maximum Gasteiger partial charge on any atom is 0.193 e. The van der Waals surface area contributed by atoms with Crippen LogP contribution in [0, 0.1) is 11.7 Å². The molecule has 2 aromatic rings. The normalized spacial score (nSPS) is 20.7. The zero-order valence-corrected chi connectivity index (χ0v) is 16.7. The van der Waals surface area contributed by atoms with Crippen LogP contribution in [0.4, 0.5) is 4.39 Å². The Hall–Kier alpha value is -2.08. The number of halogens is 2. The van der Waals surface area contributed by atoms with Crippen molar-refractivity contribution in [2.75, 3.05) is 26.2 Å². The molecule has 3 rings (SSSR count).